The zero-order chi connectivity index (χ0) is 22.1. The van der Waals surface area contributed by atoms with E-state index in [0.717, 1.165) is 6.54 Å². The third kappa shape index (κ3) is 7.18. The van der Waals surface area contributed by atoms with Gasteiger partial charge in [-0.2, -0.15) is 0 Å². The molecule has 0 aromatic carbocycles. The van der Waals surface area contributed by atoms with Gasteiger partial charge in [-0.3, -0.25) is 20.0 Å². The summed E-state index contributed by atoms with van der Waals surface area (Å²) >= 11 is 0. The number of ether oxygens (including phenoxy) is 1. The molecule has 1 aliphatic rings. The number of rotatable bonds is 12. The fraction of sp³-hybridized carbons (Fsp3) is 0.625. The number of aromatic nitrogens is 1. The SMILES string of the molecule is CCCCS(=O)(=O)N(CCC(=O)O)NC(=O)c1cc(OC(C)NC2=NCCN2)no1. The average Bonchev–Trinajstić information content (AvgIpc) is 3.35. The molecule has 0 saturated heterocycles. The van der Waals surface area contributed by atoms with E-state index in [4.69, 9.17) is 14.4 Å². The summed E-state index contributed by atoms with van der Waals surface area (Å²) in [4.78, 5) is 27.4. The first-order valence-electron chi connectivity index (χ1n) is 9.42. The van der Waals surface area contributed by atoms with Crippen LogP contribution in [0.3, 0.4) is 0 Å². The van der Waals surface area contributed by atoms with Crippen LogP contribution in [0.15, 0.2) is 15.6 Å². The fourth-order valence-electron chi connectivity index (χ4n) is 2.39. The van der Waals surface area contributed by atoms with Gasteiger partial charge in [-0.1, -0.05) is 13.3 Å². The van der Waals surface area contributed by atoms with Crippen molar-refractivity contribution in [3.05, 3.63) is 11.8 Å². The smallest absolute Gasteiger partial charge is 0.305 e. The summed E-state index contributed by atoms with van der Waals surface area (Å²) in [5.74, 6) is -2.03. The molecule has 1 amide bonds. The molecule has 1 aliphatic heterocycles. The lowest BCUT2D eigenvalue weighted by Crippen LogP contribution is -2.47. The molecule has 0 spiro atoms. The molecule has 168 valence electrons. The van der Waals surface area contributed by atoms with Crippen molar-refractivity contribution in [1.29, 1.82) is 0 Å². The Labute approximate surface area is 173 Å². The van der Waals surface area contributed by atoms with Crippen LogP contribution in [-0.4, -0.2) is 72.5 Å². The number of nitrogens with zero attached hydrogens (tertiary/aromatic N) is 3. The third-order valence-corrected chi connectivity index (χ3v) is 5.62. The Bertz CT molecular complexity index is 869. The van der Waals surface area contributed by atoms with E-state index in [1.807, 2.05) is 6.92 Å². The topological polar surface area (TPSA) is 175 Å². The monoisotopic (exact) mass is 446 g/mol. The molecule has 13 nitrogen and oxygen atoms in total. The largest absolute Gasteiger partial charge is 0.481 e. The van der Waals surface area contributed by atoms with Crippen LogP contribution in [0, 0.1) is 0 Å². The van der Waals surface area contributed by atoms with Crippen molar-refractivity contribution in [2.75, 3.05) is 25.4 Å². The van der Waals surface area contributed by atoms with Gasteiger partial charge in [0.1, 0.15) is 0 Å². The van der Waals surface area contributed by atoms with Crippen molar-refractivity contribution in [3.8, 4) is 5.88 Å². The Morgan fingerprint density at radius 3 is 2.87 bits per heavy atom. The number of hydrogen-bond acceptors (Lipinski definition) is 10. The number of carbonyl (C=O) groups is 2. The van der Waals surface area contributed by atoms with E-state index in [0.29, 0.717) is 29.8 Å². The van der Waals surface area contributed by atoms with Crippen LogP contribution in [0.25, 0.3) is 0 Å². The van der Waals surface area contributed by atoms with Crippen molar-refractivity contribution < 1.29 is 32.4 Å². The Morgan fingerprint density at radius 1 is 1.47 bits per heavy atom. The first-order chi connectivity index (χ1) is 14.2. The molecule has 2 heterocycles. The van der Waals surface area contributed by atoms with Crippen LogP contribution in [0.4, 0.5) is 0 Å². The van der Waals surface area contributed by atoms with Crippen LogP contribution in [-0.2, 0) is 14.8 Å². The van der Waals surface area contributed by atoms with Gasteiger partial charge < -0.3 is 25.0 Å². The molecule has 0 radical (unpaired) electrons. The minimum absolute atomic E-state index is 0.00433. The Hall–Kier alpha value is -2.87. The van der Waals surface area contributed by atoms with E-state index in [2.05, 4.69) is 26.2 Å². The number of hydrogen-bond donors (Lipinski definition) is 4. The van der Waals surface area contributed by atoms with Gasteiger partial charge in [-0.25, -0.2) is 8.42 Å². The molecular weight excluding hydrogens is 420 g/mol. The molecule has 14 heteroatoms. The Kier molecular flexibility index (Phi) is 8.41. The van der Waals surface area contributed by atoms with Gasteiger partial charge in [0.25, 0.3) is 5.88 Å². The number of unbranched alkanes of at least 4 members (excludes halogenated alkanes) is 1. The summed E-state index contributed by atoms with van der Waals surface area (Å²) < 4.78 is 35.8. The number of carboxylic acids is 1. The van der Waals surface area contributed by atoms with E-state index in [-0.39, 0.29) is 17.4 Å². The highest BCUT2D eigenvalue weighted by molar-refractivity contribution is 7.89. The van der Waals surface area contributed by atoms with Crippen LogP contribution >= 0.6 is 0 Å². The number of guanidine groups is 1. The summed E-state index contributed by atoms with van der Waals surface area (Å²) in [5, 5.41) is 18.4. The van der Waals surface area contributed by atoms with Crippen LogP contribution < -0.4 is 20.8 Å². The molecule has 0 fully saturated rings. The van der Waals surface area contributed by atoms with Crippen molar-refractivity contribution >= 4 is 27.9 Å². The standard InChI is InChI=1S/C16H26N6O7S/c1-3-4-9-30(26,27)22(8-5-14(23)24)20-15(25)12-10-13(21-29-12)28-11(2)19-16-17-6-7-18-16/h10-11H,3-9H2,1-2H3,(H,20,25)(H,23,24)(H2,17,18,19). The lowest BCUT2D eigenvalue weighted by atomic mass is 10.4. The average molecular weight is 446 g/mol. The highest BCUT2D eigenvalue weighted by Crippen LogP contribution is 2.13. The predicted octanol–water partition coefficient (Wildman–Crippen LogP) is -0.500. The number of hydrazine groups is 1. The summed E-state index contributed by atoms with van der Waals surface area (Å²) in [7, 11) is -3.89. The fourth-order valence-corrected chi connectivity index (χ4v) is 3.85. The molecule has 0 bridgehead atoms. The summed E-state index contributed by atoms with van der Waals surface area (Å²) in [5.41, 5.74) is 2.17. The van der Waals surface area contributed by atoms with Crippen LogP contribution in [0.1, 0.15) is 43.7 Å². The molecule has 1 aromatic rings. The van der Waals surface area contributed by atoms with Crippen molar-refractivity contribution in [2.45, 2.75) is 39.3 Å². The second-order valence-corrected chi connectivity index (χ2v) is 8.43. The molecule has 2 rings (SSSR count). The van der Waals surface area contributed by atoms with E-state index < -0.39 is 41.1 Å². The number of aliphatic carboxylic acids is 1. The lowest BCUT2D eigenvalue weighted by molar-refractivity contribution is -0.137. The zero-order valence-electron chi connectivity index (χ0n) is 16.8. The van der Waals surface area contributed by atoms with Crippen molar-refractivity contribution in [2.24, 2.45) is 4.99 Å². The van der Waals surface area contributed by atoms with Gasteiger partial charge in [-0.05, 0) is 18.5 Å². The molecule has 4 N–H and O–H groups in total. The Balaban J connectivity index is 1.99. The highest BCUT2D eigenvalue weighted by atomic mass is 32.2. The molecule has 0 saturated carbocycles. The number of sulfonamides is 1. The van der Waals surface area contributed by atoms with Crippen molar-refractivity contribution in [1.82, 2.24) is 25.6 Å². The minimum atomic E-state index is -3.89. The van der Waals surface area contributed by atoms with E-state index >= 15 is 0 Å². The van der Waals surface area contributed by atoms with E-state index in [9.17, 15) is 18.0 Å². The molecule has 1 unspecified atom stereocenters. The first-order valence-corrected chi connectivity index (χ1v) is 11.0. The number of nitrogens with one attached hydrogen (secondary N) is 3. The maximum atomic E-state index is 12.4. The molecular formula is C16H26N6O7S. The predicted molar refractivity (Wildman–Crippen MR) is 105 cm³/mol. The van der Waals surface area contributed by atoms with Gasteiger partial charge in [-0.15, -0.1) is 4.41 Å². The molecule has 30 heavy (non-hydrogen) atoms. The number of aliphatic imine (C=N–C) groups is 1. The first kappa shape index (κ1) is 23.4. The van der Waals surface area contributed by atoms with Gasteiger partial charge in [0.15, 0.2) is 12.2 Å². The molecule has 1 aromatic heterocycles. The number of carbonyl (C=O) groups excluding carboxylic acids is 1. The van der Waals surface area contributed by atoms with Gasteiger partial charge in [0, 0.05) is 13.1 Å². The number of carboxylic acid groups (broad SMARTS) is 1. The number of amides is 1. The Morgan fingerprint density at radius 2 is 2.23 bits per heavy atom. The summed E-state index contributed by atoms with van der Waals surface area (Å²) in [6.45, 7) is 4.48. The van der Waals surface area contributed by atoms with E-state index in [1.165, 1.54) is 6.07 Å². The second-order valence-electron chi connectivity index (χ2n) is 6.42. The zero-order valence-corrected chi connectivity index (χ0v) is 17.6. The third-order valence-electron chi connectivity index (χ3n) is 3.87. The highest BCUT2D eigenvalue weighted by Gasteiger charge is 2.26. The lowest BCUT2D eigenvalue weighted by Gasteiger charge is -2.21. The van der Waals surface area contributed by atoms with Gasteiger partial charge in [0.2, 0.25) is 15.8 Å². The molecule has 1 atom stereocenters. The van der Waals surface area contributed by atoms with Crippen LogP contribution in [0.2, 0.25) is 0 Å². The van der Waals surface area contributed by atoms with Crippen LogP contribution in [0.5, 0.6) is 5.88 Å². The summed E-state index contributed by atoms with van der Waals surface area (Å²) in [6, 6.07) is 1.20. The quantitative estimate of drug-likeness (QED) is 0.242. The summed E-state index contributed by atoms with van der Waals surface area (Å²) in [6.07, 6.45) is -0.0153. The van der Waals surface area contributed by atoms with Gasteiger partial charge in [0.05, 0.1) is 24.8 Å². The second kappa shape index (κ2) is 10.8. The van der Waals surface area contributed by atoms with Crippen molar-refractivity contribution in [3.63, 3.8) is 0 Å². The molecule has 0 aliphatic carbocycles. The van der Waals surface area contributed by atoms with Gasteiger partial charge >= 0.3 is 11.9 Å². The normalized spacial score (nSPS) is 14.7. The maximum absolute atomic E-state index is 12.4. The minimum Gasteiger partial charge on any atom is -0.481 e. The maximum Gasteiger partial charge on any atom is 0.305 e. The van der Waals surface area contributed by atoms with E-state index in [1.54, 1.807) is 6.92 Å².